The number of carbonyl (C=O) groups excluding carboxylic acids is 1. The molecule has 0 heterocycles. The highest BCUT2D eigenvalue weighted by Gasteiger charge is 2.02. The number of anilines is 2. The van der Waals surface area contributed by atoms with Gasteiger partial charge in [0.2, 0.25) is 0 Å². The maximum Gasteiger partial charge on any atom is 0.187 e. The Bertz CT molecular complexity index is 689. The van der Waals surface area contributed by atoms with Gasteiger partial charge in [0.15, 0.2) is 5.78 Å². The van der Waals surface area contributed by atoms with E-state index in [4.69, 9.17) is 4.74 Å². The third kappa shape index (κ3) is 5.99. The summed E-state index contributed by atoms with van der Waals surface area (Å²) in [6.45, 7) is 2.84. The van der Waals surface area contributed by atoms with Crippen molar-refractivity contribution >= 4 is 17.2 Å². The average molecular weight is 338 g/mol. The van der Waals surface area contributed by atoms with Gasteiger partial charge in [-0.2, -0.15) is 0 Å². The van der Waals surface area contributed by atoms with E-state index in [0.29, 0.717) is 12.2 Å². The third-order valence-corrected chi connectivity index (χ3v) is 3.77. The molecule has 132 valence electrons. The van der Waals surface area contributed by atoms with Gasteiger partial charge in [-0.3, -0.25) is 4.79 Å². The molecular formula is C21H26N2O2. The highest BCUT2D eigenvalue weighted by molar-refractivity contribution is 6.04. The van der Waals surface area contributed by atoms with Gasteiger partial charge in [0.25, 0.3) is 0 Å². The first-order valence-electron chi connectivity index (χ1n) is 8.58. The Morgan fingerprint density at radius 3 is 2.36 bits per heavy atom. The predicted molar refractivity (Wildman–Crippen MR) is 105 cm³/mol. The number of hydrogen-bond acceptors (Lipinski definition) is 4. The first-order valence-corrected chi connectivity index (χ1v) is 8.58. The van der Waals surface area contributed by atoms with Gasteiger partial charge in [-0.25, -0.2) is 0 Å². The number of ether oxygens (including phenoxy) is 1. The number of unbranched alkanes of at least 4 members (excludes halogenated alkanes) is 1. The van der Waals surface area contributed by atoms with Crippen LogP contribution in [0.5, 0.6) is 5.75 Å². The van der Waals surface area contributed by atoms with Crippen LogP contribution in [0.25, 0.3) is 0 Å². The van der Waals surface area contributed by atoms with E-state index in [0.717, 1.165) is 30.0 Å². The fourth-order valence-electron chi connectivity index (χ4n) is 2.22. The minimum absolute atomic E-state index is 0.0440. The Hall–Kier alpha value is -2.75. The number of benzene rings is 2. The minimum atomic E-state index is -0.0440. The first kappa shape index (κ1) is 18.6. The van der Waals surface area contributed by atoms with Gasteiger partial charge in [-0.05, 0) is 55.0 Å². The van der Waals surface area contributed by atoms with E-state index in [9.17, 15) is 4.79 Å². The van der Waals surface area contributed by atoms with E-state index in [-0.39, 0.29) is 5.78 Å². The highest BCUT2D eigenvalue weighted by atomic mass is 16.5. The largest absolute Gasteiger partial charge is 0.494 e. The van der Waals surface area contributed by atoms with Gasteiger partial charge in [-0.15, -0.1) is 0 Å². The second-order valence-corrected chi connectivity index (χ2v) is 6.01. The number of rotatable bonds is 9. The van der Waals surface area contributed by atoms with Crippen LogP contribution >= 0.6 is 0 Å². The molecule has 0 aliphatic carbocycles. The molecule has 2 aromatic carbocycles. The fraction of sp³-hybridized carbons (Fsp3) is 0.286. The lowest BCUT2D eigenvalue weighted by Gasteiger charge is -2.12. The molecule has 4 heteroatoms. The standard InChI is InChI=1S/C21H26N2O2/c1-4-5-16-25-20-12-6-17(7-13-20)21(24)14-15-22-18-8-10-19(11-9-18)23(2)3/h6-15,22H,4-5,16H2,1-3H3/b15-14+. The van der Waals surface area contributed by atoms with Crippen LogP contribution in [0.2, 0.25) is 0 Å². The van der Waals surface area contributed by atoms with Crippen LogP contribution in [-0.2, 0) is 0 Å². The molecule has 2 aromatic rings. The SMILES string of the molecule is CCCCOc1ccc(C(=O)/C=C/Nc2ccc(N(C)C)cc2)cc1. The summed E-state index contributed by atoms with van der Waals surface area (Å²) >= 11 is 0. The Balaban J connectivity index is 1.87. The number of nitrogens with zero attached hydrogens (tertiary/aromatic N) is 1. The molecule has 0 amide bonds. The zero-order chi connectivity index (χ0) is 18.1. The number of carbonyl (C=O) groups is 1. The van der Waals surface area contributed by atoms with Crippen molar-refractivity contribution in [3.05, 3.63) is 66.4 Å². The molecule has 0 saturated carbocycles. The number of allylic oxidation sites excluding steroid dienone is 1. The smallest absolute Gasteiger partial charge is 0.187 e. The summed E-state index contributed by atoms with van der Waals surface area (Å²) < 4.78 is 5.60. The van der Waals surface area contributed by atoms with Crippen LogP contribution < -0.4 is 15.0 Å². The molecule has 0 radical (unpaired) electrons. The zero-order valence-electron chi connectivity index (χ0n) is 15.2. The second-order valence-electron chi connectivity index (χ2n) is 6.01. The lowest BCUT2D eigenvalue weighted by atomic mass is 10.1. The van der Waals surface area contributed by atoms with Crippen LogP contribution in [-0.4, -0.2) is 26.5 Å². The maximum atomic E-state index is 12.2. The van der Waals surface area contributed by atoms with Crippen molar-refractivity contribution < 1.29 is 9.53 Å². The lowest BCUT2D eigenvalue weighted by molar-refractivity contribution is 0.104. The van der Waals surface area contributed by atoms with Gasteiger partial charge >= 0.3 is 0 Å². The molecule has 0 fully saturated rings. The zero-order valence-corrected chi connectivity index (χ0v) is 15.2. The van der Waals surface area contributed by atoms with Crippen molar-refractivity contribution in [1.29, 1.82) is 0 Å². The molecule has 0 aliphatic heterocycles. The van der Waals surface area contributed by atoms with Crippen LogP contribution in [0.4, 0.5) is 11.4 Å². The summed E-state index contributed by atoms with van der Waals surface area (Å²) in [6.07, 6.45) is 5.34. The minimum Gasteiger partial charge on any atom is -0.494 e. The molecule has 0 bridgehead atoms. The molecule has 0 saturated heterocycles. The molecule has 0 aliphatic rings. The average Bonchev–Trinajstić information content (AvgIpc) is 2.63. The quantitative estimate of drug-likeness (QED) is 0.407. The van der Waals surface area contributed by atoms with Gasteiger partial charge in [0.05, 0.1) is 6.61 Å². The van der Waals surface area contributed by atoms with Crippen molar-refractivity contribution in [1.82, 2.24) is 0 Å². The summed E-state index contributed by atoms with van der Waals surface area (Å²) in [5.41, 5.74) is 2.71. The summed E-state index contributed by atoms with van der Waals surface area (Å²) in [5.74, 6) is 0.755. The van der Waals surface area contributed by atoms with Gasteiger partial charge in [0, 0.05) is 43.3 Å². The van der Waals surface area contributed by atoms with Crippen LogP contribution in [0.1, 0.15) is 30.1 Å². The summed E-state index contributed by atoms with van der Waals surface area (Å²) in [4.78, 5) is 14.2. The highest BCUT2D eigenvalue weighted by Crippen LogP contribution is 2.16. The molecule has 4 nitrogen and oxygen atoms in total. The van der Waals surface area contributed by atoms with E-state index in [2.05, 4.69) is 12.2 Å². The monoisotopic (exact) mass is 338 g/mol. The molecule has 0 spiro atoms. The topological polar surface area (TPSA) is 41.6 Å². The second kappa shape index (κ2) is 9.52. The molecule has 25 heavy (non-hydrogen) atoms. The summed E-state index contributed by atoms with van der Waals surface area (Å²) in [7, 11) is 4.00. The van der Waals surface area contributed by atoms with Crippen molar-refractivity contribution in [2.45, 2.75) is 19.8 Å². The van der Waals surface area contributed by atoms with E-state index in [1.165, 1.54) is 6.08 Å². The van der Waals surface area contributed by atoms with E-state index >= 15 is 0 Å². The van der Waals surface area contributed by atoms with E-state index < -0.39 is 0 Å². The summed E-state index contributed by atoms with van der Waals surface area (Å²) in [5, 5.41) is 3.11. The molecule has 1 N–H and O–H groups in total. The van der Waals surface area contributed by atoms with Crippen molar-refractivity contribution in [2.24, 2.45) is 0 Å². The molecule has 0 unspecified atom stereocenters. The molecular weight excluding hydrogens is 312 g/mol. The third-order valence-electron chi connectivity index (χ3n) is 3.77. The Labute approximate surface area is 150 Å². The normalized spacial score (nSPS) is 10.7. The fourth-order valence-corrected chi connectivity index (χ4v) is 2.22. The Morgan fingerprint density at radius 2 is 1.76 bits per heavy atom. The van der Waals surface area contributed by atoms with E-state index in [1.807, 2.05) is 55.4 Å². The number of nitrogens with one attached hydrogen (secondary N) is 1. The van der Waals surface area contributed by atoms with Crippen LogP contribution in [0, 0.1) is 0 Å². The van der Waals surface area contributed by atoms with Gasteiger partial charge in [0.1, 0.15) is 5.75 Å². The van der Waals surface area contributed by atoms with Crippen molar-refractivity contribution in [3.8, 4) is 5.75 Å². The molecule has 2 rings (SSSR count). The van der Waals surface area contributed by atoms with Gasteiger partial charge in [-0.1, -0.05) is 13.3 Å². The lowest BCUT2D eigenvalue weighted by Crippen LogP contribution is -2.08. The number of hydrogen-bond donors (Lipinski definition) is 1. The predicted octanol–water partition coefficient (Wildman–Crippen LogP) is 4.74. The Morgan fingerprint density at radius 1 is 1.08 bits per heavy atom. The van der Waals surface area contributed by atoms with Gasteiger partial charge < -0.3 is 15.0 Å². The Kier molecular flexibility index (Phi) is 7.08. The van der Waals surface area contributed by atoms with E-state index in [1.54, 1.807) is 18.3 Å². The maximum absolute atomic E-state index is 12.2. The van der Waals surface area contributed by atoms with Crippen LogP contribution in [0.3, 0.4) is 0 Å². The van der Waals surface area contributed by atoms with Crippen molar-refractivity contribution in [3.63, 3.8) is 0 Å². The van der Waals surface area contributed by atoms with Crippen LogP contribution in [0.15, 0.2) is 60.8 Å². The first-order chi connectivity index (χ1) is 12.1. The molecule has 0 atom stereocenters. The summed E-state index contributed by atoms with van der Waals surface area (Å²) in [6, 6.07) is 15.3. The van der Waals surface area contributed by atoms with Crippen molar-refractivity contribution in [2.75, 3.05) is 30.9 Å². The number of ketones is 1. The molecule has 0 aromatic heterocycles.